The molecule has 1 aromatic heterocycles. The highest BCUT2D eigenvalue weighted by Gasteiger charge is 2.26. The SMILES string of the molecule is COC(=O)CCC1CCC(NC(=O)N2CCN(c3ccncc3)CC2)CC1. The number of rotatable bonds is 5. The van der Waals surface area contributed by atoms with E-state index >= 15 is 0 Å². The maximum atomic E-state index is 12.6. The molecule has 2 aliphatic rings. The monoisotopic (exact) mass is 374 g/mol. The highest BCUT2D eigenvalue weighted by Crippen LogP contribution is 2.28. The zero-order valence-electron chi connectivity index (χ0n) is 16.1. The van der Waals surface area contributed by atoms with Gasteiger partial charge in [0.15, 0.2) is 0 Å². The second-order valence-corrected chi connectivity index (χ2v) is 7.46. The van der Waals surface area contributed by atoms with E-state index in [0.717, 1.165) is 64.0 Å². The fourth-order valence-corrected chi connectivity index (χ4v) is 4.01. The van der Waals surface area contributed by atoms with Crippen LogP contribution < -0.4 is 10.2 Å². The highest BCUT2D eigenvalue weighted by molar-refractivity contribution is 5.75. The number of ether oxygens (including phenoxy) is 1. The van der Waals surface area contributed by atoms with Crippen LogP contribution >= 0.6 is 0 Å². The summed E-state index contributed by atoms with van der Waals surface area (Å²) in [5.74, 6) is 0.442. The van der Waals surface area contributed by atoms with E-state index in [4.69, 9.17) is 4.74 Å². The largest absolute Gasteiger partial charge is 0.469 e. The van der Waals surface area contributed by atoms with Crippen LogP contribution in [0.15, 0.2) is 24.5 Å². The number of hydrogen-bond donors (Lipinski definition) is 1. The van der Waals surface area contributed by atoms with Crippen LogP contribution in [0, 0.1) is 5.92 Å². The molecule has 0 spiro atoms. The molecule has 1 aliphatic heterocycles. The standard InChI is InChI=1S/C20H30N4O3/c1-27-19(25)7-4-16-2-5-17(6-3-16)22-20(26)24-14-12-23(13-15-24)18-8-10-21-11-9-18/h8-11,16-17H,2-7,12-15H2,1H3,(H,22,26). The summed E-state index contributed by atoms with van der Waals surface area (Å²) in [5, 5.41) is 3.21. The molecule has 1 aromatic rings. The van der Waals surface area contributed by atoms with Gasteiger partial charge in [-0.05, 0) is 50.2 Å². The van der Waals surface area contributed by atoms with Crippen molar-refractivity contribution in [3.05, 3.63) is 24.5 Å². The summed E-state index contributed by atoms with van der Waals surface area (Å²) in [6.45, 7) is 3.17. The fraction of sp³-hybridized carbons (Fsp3) is 0.650. The van der Waals surface area contributed by atoms with E-state index in [2.05, 4.69) is 15.2 Å². The summed E-state index contributed by atoms with van der Waals surface area (Å²) in [4.78, 5) is 32.1. The van der Waals surface area contributed by atoms with Crippen molar-refractivity contribution in [1.82, 2.24) is 15.2 Å². The highest BCUT2D eigenvalue weighted by atomic mass is 16.5. The molecule has 7 heteroatoms. The van der Waals surface area contributed by atoms with Crippen LogP contribution in [0.5, 0.6) is 0 Å². The Morgan fingerprint density at radius 2 is 1.78 bits per heavy atom. The van der Waals surface area contributed by atoms with E-state index in [-0.39, 0.29) is 18.0 Å². The number of amides is 2. The van der Waals surface area contributed by atoms with Crippen molar-refractivity contribution < 1.29 is 14.3 Å². The minimum Gasteiger partial charge on any atom is -0.469 e. The number of carbonyl (C=O) groups excluding carboxylic acids is 2. The first-order chi connectivity index (χ1) is 13.2. The van der Waals surface area contributed by atoms with Crippen LogP contribution in [0.25, 0.3) is 0 Å². The number of carbonyl (C=O) groups is 2. The van der Waals surface area contributed by atoms with Crippen LogP contribution in [-0.2, 0) is 9.53 Å². The van der Waals surface area contributed by atoms with Gasteiger partial charge in [-0.25, -0.2) is 4.79 Å². The van der Waals surface area contributed by atoms with Crippen LogP contribution in [-0.4, -0.2) is 61.2 Å². The summed E-state index contributed by atoms with van der Waals surface area (Å²) in [6.07, 6.45) is 9.12. The normalized spacial score (nSPS) is 23.0. The van der Waals surface area contributed by atoms with Crippen LogP contribution in [0.4, 0.5) is 10.5 Å². The van der Waals surface area contributed by atoms with E-state index in [1.54, 1.807) is 12.4 Å². The first kappa shape index (κ1) is 19.5. The molecule has 1 saturated heterocycles. The lowest BCUT2D eigenvalue weighted by atomic mass is 9.83. The van der Waals surface area contributed by atoms with Gasteiger partial charge in [-0.15, -0.1) is 0 Å². The number of piperazine rings is 1. The Morgan fingerprint density at radius 1 is 1.11 bits per heavy atom. The Hall–Kier alpha value is -2.31. The van der Waals surface area contributed by atoms with Crippen molar-refractivity contribution in [2.24, 2.45) is 5.92 Å². The maximum Gasteiger partial charge on any atom is 0.317 e. The summed E-state index contributed by atoms with van der Waals surface area (Å²) in [5.41, 5.74) is 1.16. The van der Waals surface area contributed by atoms with E-state index in [1.807, 2.05) is 17.0 Å². The Bertz CT molecular complexity index is 609. The number of urea groups is 1. The van der Waals surface area contributed by atoms with Crippen molar-refractivity contribution >= 4 is 17.7 Å². The van der Waals surface area contributed by atoms with Gasteiger partial charge in [0.05, 0.1) is 7.11 Å². The Morgan fingerprint density at radius 3 is 2.41 bits per heavy atom. The van der Waals surface area contributed by atoms with Gasteiger partial charge in [0.25, 0.3) is 0 Å². The lowest BCUT2D eigenvalue weighted by Crippen LogP contribution is -2.53. The lowest BCUT2D eigenvalue weighted by molar-refractivity contribution is -0.141. The van der Waals surface area contributed by atoms with E-state index in [0.29, 0.717) is 12.3 Å². The molecule has 2 fully saturated rings. The number of anilines is 1. The average Bonchev–Trinajstić information content (AvgIpc) is 2.73. The smallest absolute Gasteiger partial charge is 0.317 e. The Balaban J connectivity index is 1.36. The molecule has 2 heterocycles. The molecule has 0 aromatic carbocycles. The molecule has 3 rings (SSSR count). The number of nitrogens with one attached hydrogen (secondary N) is 1. The third kappa shape index (κ3) is 5.58. The van der Waals surface area contributed by atoms with Gasteiger partial charge in [0.2, 0.25) is 0 Å². The van der Waals surface area contributed by atoms with Gasteiger partial charge >= 0.3 is 12.0 Å². The molecule has 2 amide bonds. The number of esters is 1. The van der Waals surface area contributed by atoms with Gasteiger partial charge in [0, 0.05) is 56.7 Å². The summed E-state index contributed by atoms with van der Waals surface area (Å²) < 4.78 is 4.71. The number of methoxy groups -OCH3 is 1. The number of hydrogen-bond acceptors (Lipinski definition) is 5. The minimum absolute atomic E-state index is 0.0578. The van der Waals surface area contributed by atoms with E-state index in [9.17, 15) is 9.59 Å². The molecule has 7 nitrogen and oxygen atoms in total. The van der Waals surface area contributed by atoms with Gasteiger partial charge in [-0.3, -0.25) is 9.78 Å². The Kier molecular flexibility index (Phi) is 6.90. The van der Waals surface area contributed by atoms with Crippen LogP contribution in [0.1, 0.15) is 38.5 Å². The van der Waals surface area contributed by atoms with Gasteiger partial charge in [-0.2, -0.15) is 0 Å². The molecule has 1 saturated carbocycles. The summed E-state index contributed by atoms with van der Waals surface area (Å²) >= 11 is 0. The Labute approximate surface area is 161 Å². The first-order valence-electron chi connectivity index (χ1n) is 9.93. The van der Waals surface area contributed by atoms with Crippen LogP contribution in [0.3, 0.4) is 0 Å². The predicted octanol–water partition coefficient (Wildman–Crippen LogP) is 2.43. The maximum absolute atomic E-state index is 12.6. The summed E-state index contributed by atoms with van der Waals surface area (Å²) in [6, 6.07) is 4.33. The zero-order valence-corrected chi connectivity index (χ0v) is 16.1. The van der Waals surface area contributed by atoms with Crippen molar-refractivity contribution in [3.8, 4) is 0 Å². The predicted molar refractivity (Wildman–Crippen MR) is 104 cm³/mol. The van der Waals surface area contributed by atoms with E-state index in [1.165, 1.54) is 7.11 Å². The van der Waals surface area contributed by atoms with Crippen molar-refractivity contribution in [2.45, 2.75) is 44.6 Å². The van der Waals surface area contributed by atoms with E-state index < -0.39 is 0 Å². The molecule has 0 bridgehead atoms. The molecule has 27 heavy (non-hydrogen) atoms. The molecule has 148 valence electrons. The van der Waals surface area contributed by atoms with Crippen molar-refractivity contribution in [3.63, 3.8) is 0 Å². The zero-order chi connectivity index (χ0) is 19.1. The lowest BCUT2D eigenvalue weighted by Gasteiger charge is -2.37. The number of pyridine rings is 1. The van der Waals surface area contributed by atoms with Gasteiger partial charge in [-0.1, -0.05) is 0 Å². The van der Waals surface area contributed by atoms with Crippen molar-refractivity contribution in [1.29, 1.82) is 0 Å². The number of aromatic nitrogens is 1. The molecule has 1 aliphatic carbocycles. The second-order valence-electron chi connectivity index (χ2n) is 7.46. The van der Waals surface area contributed by atoms with Gasteiger partial charge < -0.3 is 19.9 Å². The topological polar surface area (TPSA) is 74.8 Å². The quantitative estimate of drug-likeness (QED) is 0.801. The third-order valence-electron chi connectivity index (χ3n) is 5.75. The average molecular weight is 374 g/mol. The minimum atomic E-state index is -0.128. The molecular weight excluding hydrogens is 344 g/mol. The van der Waals surface area contributed by atoms with Crippen LogP contribution in [0.2, 0.25) is 0 Å². The fourth-order valence-electron chi connectivity index (χ4n) is 4.01. The molecule has 0 unspecified atom stereocenters. The molecular formula is C20H30N4O3. The first-order valence-corrected chi connectivity index (χ1v) is 9.93. The number of nitrogens with zero attached hydrogens (tertiary/aromatic N) is 3. The molecule has 1 N–H and O–H groups in total. The van der Waals surface area contributed by atoms with Gasteiger partial charge in [0.1, 0.15) is 0 Å². The second kappa shape index (κ2) is 9.58. The summed E-state index contributed by atoms with van der Waals surface area (Å²) in [7, 11) is 1.44. The third-order valence-corrected chi connectivity index (χ3v) is 5.75. The molecule has 0 radical (unpaired) electrons. The molecule has 0 atom stereocenters. The van der Waals surface area contributed by atoms with Crippen molar-refractivity contribution in [2.75, 3.05) is 38.2 Å².